The number of nitrogens with zero attached hydrogens (tertiary/aromatic N) is 2. The van der Waals surface area contributed by atoms with Crippen LogP contribution in [0.3, 0.4) is 0 Å². The van der Waals surface area contributed by atoms with Crippen LogP contribution in [0.2, 0.25) is 0 Å². The van der Waals surface area contributed by atoms with E-state index in [1.807, 2.05) is 6.07 Å². The maximum atomic E-state index is 13.2. The quantitative estimate of drug-likeness (QED) is 0.428. The van der Waals surface area contributed by atoms with Gasteiger partial charge in [0.05, 0.1) is 18.2 Å². The molecule has 2 aromatic rings. The molecule has 2 aliphatic rings. The topological polar surface area (TPSA) is 105 Å². The van der Waals surface area contributed by atoms with Crippen LogP contribution in [0.4, 0.5) is 18.9 Å². The summed E-state index contributed by atoms with van der Waals surface area (Å²) in [5, 5.41) is 22.4. The molecule has 1 saturated heterocycles. The molecule has 1 heterocycles. The molecule has 194 valence electrons. The van der Waals surface area contributed by atoms with Crippen LogP contribution in [0.1, 0.15) is 53.1 Å². The van der Waals surface area contributed by atoms with Crippen molar-refractivity contribution in [2.75, 3.05) is 24.9 Å². The van der Waals surface area contributed by atoms with E-state index in [0.29, 0.717) is 18.0 Å². The number of anilines is 1. The van der Waals surface area contributed by atoms with E-state index in [1.165, 1.54) is 5.56 Å². The molecule has 0 aromatic heterocycles. The van der Waals surface area contributed by atoms with Gasteiger partial charge >= 0.3 is 6.18 Å². The zero-order valence-electron chi connectivity index (χ0n) is 19.5. The number of rotatable bonds is 7. The number of nitrogens with one attached hydrogen (secondary N) is 2. The molecule has 2 fully saturated rings. The van der Waals surface area contributed by atoms with Crippen molar-refractivity contribution in [1.29, 1.82) is 0 Å². The van der Waals surface area contributed by atoms with Crippen LogP contribution in [0.15, 0.2) is 48.5 Å². The number of carbonyl (C=O) groups is 2. The first kappa shape index (κ1) is 25.9. The molecule has 1 aliphatic carbocycles. The Hall–Kier alpha value is -3.15. The van der Waals surface area contributed by atoms with Crippen LogP contribution in [-0.4, -0.2) is 58.8 Å². The number of halogens is 3. The van der Waals surface area contributed by atoms with Crippen molar-refractivity contribution >= 4 is 17.5 Å². The number of hydrogen-bond acceptors (Lipinski definition) is 6. The Morgan fingerprint density at radius 2 is 1.67 bits per heavy atom. The summed E-state index contributed by atoms with van der Waals surface area (Å²) in [5.41, 5.74) is -1.28. The highest BCUT2D eigenvalue weighted by Gasteiger charge is 2.37. The average molecular weight is 507 g/mol. The fourth-order valence-electron chi connectivity index (χ4n) is 5.02. The van der Waals surface area contributed by atoms with E-state index < -0.39 is 34.5 Å². The standard InChI is InChI=1S/C25H29F3N4O4/c26-25(27,28)21-12-18(8-11-22(21)32(35)36)24(34)29-13-23(33)30-19-14-31(15-19)20-9-6-17(7-10-20)16-4-2-1-3-5-16/h1-5,8,11-12,17,19-20,35-36H,6-7,9-10,13-15H2,(H,29,34)(H,30,33)/t17-,20+. The van der Waals surface area contributed by atoms with Gasteiger partial charge in [-0.05, 0) is 55.4 Å². The highest BCUT2D eigenvalue weighted by Crippen LogP contribution is 2.37. The molecular weight excluding hydrogens is 477 g/mol. The first-order chi connectivity index (χ1) is 17.1. The van der Waals surface area contributed by atoms with E-state index in [-0.39, 0.29) is 18.2 Å². The predicted octanol–water partition coefficient (Wildman–Crippen LogP) is 3.55. The zero-order chi connectivity index (χ0) is 25.9. The Morgan fingerprint density at radius 1 is 1.00 bits per heavy atom. The third kappa shape index (κ3) is 6.15. The van der Waals surface area contributed by atoms with E-state index in [1.54, 1.807) is 0 Å². The van der Waals surface area contributed by atoms with Gasteiger partial charge in [0.25, 0.3) is 5.91 Å². The summed E-state index contributed by atoms with van der Waals surface area (Å²) in [6.45, 7) is 1.08. The Kier molecular flexibility index (Phi) is 7.82. The summed E-state index contributed by atoms with van der Waals surface area (Å²) in [5.74, 6) is -0.710. The Morgan fingerprint density at radius 3 is 2.28 bits per heavy atom. The van der Waals surface area contributed by atoms with Crippen LogP contribution in [0.25, 0.3) is 0 Å². The number of carbonyl (C=O) groups excluding carboxylic acids is 2. The second-order valence-electron chi connectivity index (χ2n) is 9.34. The van der Waals surface area contributed by atoms with Crippen molar-refractivity contribution in [2.45, 2.75) is 49.9 Å². The molecule has 0 radical (unpaired) electrons. The van der Waals surface area contributed by atoms with E-state index in [2.05, 4.69) is 39.8 Å². The highest BCUT2D eigenvalue weighted by atomic mass is 19.4. The van der Waals surface area contributed by atoms with Crippen LogP contribution in [-0.2, 0) is 11.0 Å². The first-order valence-corrected chi connectivity index (χ1v) is 11.9. The molecule has 2 amide bonds. The maximum absolute atomic E-state index is 13.2. The lowest BCUT2D eigenvalue weighted by molar-refractivity contribution is -0.138. The lowest BCUT2D eigenvalue weighted by atomic mass is 9.80. The number of amides is 2. The summed E-state index contributed by atoms with van der Waals surface area (Å²) < 4.78 is 39.5. The fraction of sp³-hybridized carbons (Fsp3) is 0.440. The van der Waals surface area contributed by atoms with Gasteiger partial charge in [0.15, 0.2) is 0 Å². The molecule has 0 unspecified atom stereocenters. The monoisotopic (exact) mass is 506 g/mol. The van der Waals surface area contributed by atoms with Gasteiger partial charge in [-0.15, -0.1) is 5.23 Å². The summed E-state index contributed by atoms with van der Waals surface area (Å²) >= 11 is 0. The number of likely N-dealkylation sites (tertiary alicyclic amines) is 1. The predicted molar refractivity (Wildman–Crippen MR) is 125 cm³/mol. The van der Waals surface area contributed by atoms with Crippen molar-refractivity contribution in [3.8, 4) is 0 Å². The molecule has 2 aromatic carbocycles. The average Bonchev–Trinajstić information content (AvgIpc) is 2.84. The van der Waals surface area contributed by atoms with E-state index in [4.69, 9.17) is 10.4 Å². The normalized spacial score (nSPS) is 20.9. The van der Waals surface area contributed by atoms with E-state index in [0.717, 1.165) is 50.9 Å². The fourth-order valence-corrected chi connectivity index (χ4v) is 5.02. The minimum Gasteiger partial charge on any atom is -0.349 e. The van der Waals surface area contributed by atoms with Crippen LogP contribution in [0.5, 0.6) is 0 Å². The molecular formula is C25H29F3N4O4. The van der Waals surface area contributed by atoms with Gasteiger partial charge in [0.1, 0.15) is 5.69 Å². The van der Waals surface area contributed by atoms with Crippen molar-refractivity contribution < 1.29 is 33.2 Å². The molecule has 0 atom stereocenters. The minimum absolute atomic E-state index is 0.0301. The summed E-state index contributed by atoms with van der Waals surface area (Å²) in [4.78, 5) is 26.9. The summed E-state index contributed by atoms with van der Waals surface area (Å²) in [6.07, 6.45) is -0.415. The first-order valence-electron chi connectivity index (χ1n) is 11.9. The molecule has 4 rings (SSSR count). The van der Waals surface area contributed by atoms with Crippen molar-refractivity contribution in [1.82, 2.24) is 15.5 Å². The Balaban J connectivity index is 1.19. The van der Waals surface area contributed by atoms with E-state index >= 15 is 0 Å². The maximum Gasteiger partial charge on any atom is 0.418 e. The van der Waals surface area contributed by atoms with Crippen LogP contribution >= 0.6 is 0 Å². The van der Waals surface area contributed by atoms with Gasteiger partial charge in [-0.25, -0.2) is 0 Å². The lowest BCUT2D eigenvalue weighted by Crippen LogP contribution is -2.63. The van der Waals surface area contributed by atoms with Gasteiger partial charge < -0.3 is 10.6 Å². The largest absolute Gasteiger partial charge is 0.418 e. The molecule has 0 bridgehead atoms. The molecule has 4 N–H and O–H groups in total. The van der Waals surface area contributed by atoms with Gasteiger partial charge in [-0.3, -0.25) is 24.9 Å². The van der Waals surface area contributed by atoms with Crippen molar-refractivity contribution in [3.05, 3.63) is 65.2 Å². The van der Waals surface area contributed by atoms with Crippen molar-refractivity contribution in [3.63, 3.8) is 0 Å². The Bertz CT molecular complexity index is 1070. The smallest absolute Gasteiger partial charge is 0.349 e. The zero-order valence-corrected chi connectivity index (χ0v) is 19.5. The number of benzene rings is 2. The second-order valence-corrected chi connectivity index (χ2v) is 9.34. The number of alkyl halides is 3. The summed E-state index contributed by atoms with van der Waals surface area (Å²) in [6, 6.07) is 13.3. The molecule has 1 saturated carbocycles. The van der Waals surface area contributed by atoms with Gasteiger partial charge in [0.2, 0.25) is 5.91 Å². The van der Waals surface area contributed by atoms with Gasteiger partial charge in [0, 0.05) is 24.7 Å². The van der Waals surface area contributed by atoms with Crippen LogP contribution in [0, 0.1) is 0 Å². The van der Waals surface area contributed by atoms with Crippen molar-refractivity contribution in [2.24, 2.45) is 0 Å². The molecule has 0 spiro atoms. The van der Waals surface area contributed by atoms with Crippen LogP contribution < -0.4 is 15.9 Å². The number of hydrogen-bond donors (Lipinski definition) is 4. The van der Waals surface area contributed by atoms with Gasteiger partial charge in [-0.2, -0.15) is 13.2 Å². The third-order valence-electron chi connectivity index (χ3n) is 6.95. The second kappa shape index (κ2) is 10.9. The molecule has 36 heavy (non-hydrogen) atoms. The molecule has 8 nitrogen and oxygen atoms in total. The lowest BCUT2D eigenvalue weighted by Gasteiger charge is -2.46. The highest BCUT2D eigenvalue weighted by molar-refractivity contribution is 5.97. The Labute approximate surface area is 206 Å². The van der Waals surface area contributed by atoms with E-state index in [9.17, 15) is 22.8 Å². The SMILES string of the molecule is O=C(CNC(=O)c1ccc(N(O)O)c(C(F)(F)F)c1)NC1CN([C@H]2CC[C@@H](c3ccccc3)CC2)C1. The third-order valence-corrected chi connectivity index (χ3v) is 6.95. The van der Waals surface area contributed by atoms with Gasteiger partial charge in [-0.1, -0.05) is 30.3 Å². The molecule has 11 heteroatoms. The summed E-state index contributed by atoms with van der Waals surface area (Å²) in [7, 11) is 0. The minimum atomic E-state index is -4.91. The molecule has 1 aliphatic heterocycles.